The van der Waals surface area contributed by atoms with Gasteiger partial charge in [0.15, 0.2) is 0 Å². The molecular formula is C25H30Cl2N4O2. The molecule has 2 fully saturated rings. The van der Waals surface area contributed by atoms with E-state index in [-0.39, 0.29) is 29.9 Å². The highest BCUT2D eigenvalue weighted by atomic mass is 35.5. The minimum Gasteiger partial charge on any atom is -0.378 e. The van der Waals surface area contributed by atoms with Gasteiger partial charge in [-0.3, -0.25) is 14.5 Å². The van der Waals surface area contributed by atoms with E-state index in [0.29, 0.717) is 27.8 Å². The molecule has 2 unspecified atom stereocenters. The van der Waals surface area contributed by atoms with Crippen LogP contribution in [0.1, 0.15) is 42.5 Å². The zero-order chi connectivity index (χ0) is 23.5. The molecule has 176 valence electrons. The van der Waals surface area contributed by atoms with Crippen LogP contribution in [-0.4, -0.2) is 55.5 Å². The Hall–Kier alpha value is -2.28. The third-order valence-corrected chi connectivity index (χ3v) is 7.46. The van der Waals surface area contributed by atoms with Crippen LogP contribution >= 0.6 is 23.2 Å². The molecule has 2 heterocycles. The number of nitrogens with one attached hydrogen (secondary N) is 2. The number of anilines is 2. The smallest absolute Gasteiger partial charge is 0.251 e. The van der Waals surface area contributed by atoms with E-state index < -0.39 is 0 Å². The summed E-state index contributed by atoms with van der Waals surface area (Å²) in [6.45, 7) is 0.309. The topological polar surface area (TPSA) is 64.7 Å². The highest BCUT2D eigenvalue weighted by Crippen LogP contribution is 2.34. The number of nitrogens with zero attached hydrogens (tertiary/aromatic N) is 2. The van der Waals surface area contributed by atoms with Crippen LogP contribution < -0.4 is 15.5 Å². The van der Waals surface area contributed by atoms with Gasteiger partial charge in [-0.05, 0) is 56.0 Å². The lowest BCUT2D eigenvalue weighted by Gasteiger charge is -2.48. The molecule has 2 aromatic rings. The van der Waals surface area contributed by atoms with Gasteiger partial charge in [0.25, 0.3) is 5.91 Å². The molecule has 2 saturated heterocycles. The summed E-state index contributed by atoms with van der Waals surface area (Å²) in [5.41, 5.74) is 2.20. The second-order valence-corrected chi connectivity index (χ2v) is 9.93. The average molecular weight is 489 g/mol. The van der Waals surface area contributed by atoms with Gasteiger partial charge in [-0.15, -0.1) is 0 Å². The van der Waals surface area contributed by atoms with Crippen LogP contribution in [0.25, 0.3) is 0 Å². The quantitative estimate of drug-likeness (QED) is 0.611. The molecule has 2 bridgehead atoms. The Bertz CT molecular complexity index is 1020. The average Bonchev–Trinajstić information content (AvgIpc) is 2.77. The molecule has 2 aliphatic rings. The number of piperidine rings is 2. The van der Waals surface area contributed by atoms with Gasteiger partial charge < -0.3 is 15.5 Å². The van der Waals surface area contributed by atoms with E-state index in [1.807, 2.05) is 43.3 Å². The number of carbonyl (C=O) groups excluding carboxylic acids is 2. The van der Waals surface area contributed by atoms with E-state index in [9.17, 15) is 9.59 Å². The molecule has 4 rings (SSSR count). The molecule has 33 heavy (non-hydrogen) atoms. The highest BCUT2D eigenvalue weighted by Gasteiger charge is 2.39. The van der Waals surface area contributed by atoms with Gasteiger partial charge in [0.2, 0.25) is 5.91 Å². The normalized spacial score (nSPS) is 22.5. The summed E-state index contributed by atoms with van der Waals surface area (Å²) < 4.78 is 0. The van der Waals surface area contributed by atoms with Crippen LogP contribution in [0.5, 0.6) is 0 Å². The largest absolute Gasteiger partial charge is 0.378 e. The molecule has 2 N–H and O–H groups in total. The zero-order valence-electron chi connectivity index (χ0n) is 19.0. The van der Waals surface area contributed by atoms with Crippen molar-refractivity contribution in [3.8, 4) is 0 Å². The summed E-state index contributed by atoms with van der Waals surface area (Å²) in [5.74, 6) is -0.136. The molecule has 0 aliphatic carbocycles. The van der Waals surface area contributed by atoms with Crippen molar-refractivity contribution in [1.82, 2.24) is 10.2 Å². The van der Waals surface area contributed by atoms with Crippen LogP contribution in [0.4, 0.5) is 11.4 Å². The van der Waals surface area contributed by atoms with Crippen molar-refractivity contribution in [1.29, 1.82) is 0 Å². The van der Waals surface area contributed by atoms with Crippen molar-refractivity contribution in [2.24, 2.45) is 0 Å². The zero-order valence-corrected chi connectivity index (χ0v) is 20.5. The Labute approximate surface area is 205 Å². The van der Waals surface area contributed by atoms with Crippen molar-refractivity contribution in [3.63, 3.8) is 0 Å². The summed E-state index contributed by atoms with van der Waals surface area (Å²) in [7, 11) is 3.93. The number of halogens is 2. The lowest BCUT2D eigenvalue weighted by Crippen LogP contribution is -2.58. The first-order chi connectivity index (χ1) is 15.8. The van der Waals surface area contributed by atoms with Gasteiger partial charge in [0.1, 0.15) is 0 Å². The Morgan fingerprint density at radius 2 is 1.76 bits per heavy atom. The van der Waals surface area contributed by atoms with E-state index >= 15 is 0 Å². The maximum Gasteiger partial charge on any atom is 0.251 e. The van der Waals surface area contributed by atoms with Crippen LogP contribution in [0.2, 0.25) is 10.0 Å². The number of carbonyl (C=O) groups is 2. The van der Waals surface area contributed by atoms with E-state index in [2.05, 4.69) is 15.5 Å². The lowest BCUT2D eigenvalue weighted by molar-refractivity contribution is -0.120. The number of fused-ring (bicyclic) bond motifs is 2. The first-order valence-corrected chi connectivity index (χ1v) is 12.1. The number of amides is 2. The Kier molecular flexibility index (Phi) is 7.47. The fourth-order valence-corrected chi connectivity index (χ4v) is 5.35. The second-order valence-electron chi connectivity index (χ2n) is 9.15. The van der Waals surface area contributed by atoms with E-state index in [1.54, 1.807) is 18.2 Å². The van der Waals surface area contributed by atoms with Crippen LogP contribution in [0, 0.1) is 0 Å². The van der Waals surface area contributed by atoms with E-state index in [4.69, 9.17) is 23.2 Å². The molecule has 0 aromatic heterocycles. The molecule has 6 nitrogen and oxygen atoms in total. The Morgan fingerprint density at radius 3 is 2.45 bits per heavy atom. The number of rotatable bonds is 6. The van der Waals surface area contributed by atoms with Gasteiger partial charge in [0, 0.05) is 43.5 Å². The second kappa shape index (κ2) is 10.3. The molecule has 0 spiro atoms. The molecular weight excluding hydrogens is 459 g/mol. The summed E-state index contributed by atoms with van der Waals surface area (Å²) in [5, 5.41) is 6.91. The Balaban J connectivity index is 1.37. The summed E-state index contributed by atoms with van der Waals surface area (Å²) in [6, 6.07) is 13.5. The summed E-state index contributed by atoms with van der Waals surface area (Å²) in [4.78, 5) is 30.0. The van der Waals surface area contributed by atoms with Crippen molar-refractivity contribution >= 4 is 46.4 Å². The predicted octanol–water partition coefficient (Wildman–Crippen LogP) is 4.81. The first kappa shape index (κ1) is 23.9. The van der Waals surface area contributed by atoms with Gasteiger partial charge in [-0.1, -0.05) is 41.8 Å². The SMILES string of the molecule is CN(C)c1cccc(C(=O)NC2CC3CCCC(C2)N3CC(=O)Nc2cccc(Cl)c2Cl)c1. The third kappa shape index (κ3) is 5.62. The molecule has 2 atom stereocenters. The fraction of sp³-hybridized carbons (Fsp3) is 0.440. The van der Waals surface area contributed by atoms with Crippen LogP contribution in [-0.2, 0) is 4.79 Å². The van der Waals surface area contributed by atoms with Crippen LogP contribution in [0.15, 0.2) is 42.5 Å². The molecule has 2 aliphatic heterocycles. The van der Waals surface area contributed by atoms with Gasteiger partial charge in [-0.2, -0.15) is 0 Å². The molecule has 8 heteroatoms. The maximum atomic E-state index is 12.9. The van der Waals surface area contributed by atoms with Gasteiger partial charge >= 0.3 is 0 Å². The van der Waals surface area contributed by atoms with Crippen molar-refractivity contribution in [2.45, 2.75) is 50.2 Å². The van der Waals surface area contributed by atoms with Gasteiger partial charge in [0.05, 0.1) is 22.3 Å². The molecule has 0 saturated carbocycles. The van der Waals surface area contributed by atoms with Gasteiger partial charge in [-0.25, -0.2) is 0 Å². The van der Waals surface area contributed by atoms with E-state index in [0.717, 1.165) is 37.8 Å². The minimum absolute atomic E-state index is 0.0384. The molecule has 0 radical (unpaired) electrons. The number of hydrogen-bond acceptors (Lipinski definition) is 4. The third-order valence-electron chi connectivity index (χ3n) is 6.64. The van der Waals surface area contributed by atoms with Crippen molar-refractivity contribution in [2.75, 3.05) is 30.9 Å². The standard InChI is InChI=1S/C25H30Cl2N4O2/c1-30(2)18-7-3-6-16(12-18)25(33)28-17-13-19-8-4-9-20(14-17)31(19)15-23(32)29-22-11-5-10-21(26)24(22)27/h3,5-7,10-12,17,19-20H,4,8-9,13-15H2,1-2H3,(H,28,33)(H,29,32). The first-order valence-electron chi connectivity index (χ1n) is 11.4. The summed E-state index contributed by atoms with van der Waals surface area (Å²) in [6.07, 6.45) is 4.91. The van der Waals surface area contributed by atoms with Crippen molar-refractivity contribution in [3.05, 3.63) is 58.1 Å². The minimum atomic E-state index is -0.0981. The molecule has 2 aromatic carbocycles. The molecule has 2 amide bonds. The van der Waals surface area contributed by atoms with Crippen LogP contribution in [0.3, 0.4) is 0 Å². The Morgan fingerprint density at radius 1 is 1.06 bits per heavy atom. The van der Waals surface area contributed by atoms with E-state index in [1.165, 1.54) is 0 Å². The predicted molar refractivity (Wildman–Crippen MR) is 134 cm³/mol. The number of benzene rings is 2. The maximum absolute atomic E-state index is 12.9. The number of hydrogen-bond donors (Lipinski definition) is 2. The monoisotopic (exact) mass is 488 g/mol. The van der Waals surface area contributed by atoms with Crippen molar-refractivity contribution < 1.29 is 9.59 Å². The fourth-order valence-electron chi connectivity index (χ4n) is 5.00. The summed E-state index contributed by atoms with van der Waals surface area (Å²) >= 11 is 12.3. The highest BCUT2D eigenvalue weighted by molar-refractivity contribution is 6.44. The lowest BCUT2D eigenvalue weighted by atomic mass is 9.81.